The van der Waals surface area contributed by atoms with Crippen LogP contribution in [0.3, 0.4) is 0 Å². The van der Waals surface area contributed by atoms with Crippen molar-refractivity contribution in [3.63, 3.8) is 0 Å². The molecule has 2 unspecified atom stereocenters. The van der Waals surface area contributed by atoms with Crippen molar-refractivity contribution in [2.75, 3.05) is 20.2 Å². The highest BCUT2D eigenvalue weighted by atomic mass is 16.5. The van der Waals surface area contributed by atoms with Crippen LogP contribution in [0.1, 0.15) is 13.3 Å². The van der Waals surface area contributed by atoms with Crippen LogP contribution in [-0.4, -0.2) is 20.2 Å². The van der Waals surface area contributed by atoms with Crippen LogP contribution in [0.15, 0.2) is 23.5 Å². The van der Waals surface area contributed by atoms with E-state index in [9.17, 15) is 0 Å². The summed E-state index contributed by atoms with van der Waals surface area (Å²) in [5.41, 5.74) is 1.30. The zero-order chi connectivity index (χ0) is 9.26. The fraction of sp³-hybridized carbons (Fsp3) is 0.636. The van der Waals surface area contributed by atoms with E-state index in [0.29, 0.717) is 5.92 Å². The quantitative estimate of drug-likeness (QED) is 0.661. The number of piperidine rings is 1. The largest absolute Gasteiger partial charge is 0.497 e. The van der Waals surface area contributed by atoms with Crippen molar-refractivity contribution in [2.24, 2.45) is 11.8 Å². The Hall–Kier alpha value is -0.760. The summed E-state index contributed by atoms with van der Waals surface area (Å²) < 4.78 is 5.32. The number of hydrogen-bond acceptors (Lipinski definition) is 2. The lowest BCUT2D eigenvalue weighted by Gasteiger charge is -2.32. The fourth-order valence-electron chi connectivity index (χ4n) is 2.25. The Bertz CT molecular complexity index is 255. The average molecular weight is 179 g/mol. The molecule has 0 aromatic carbocycles. The summed E-state index contributed by atoms with van der Waals surface area (Å²) >= 11 is 0. The third-order valence-electron chi connectivity index (χ3n) is 3.02. The minimum Gasteiger partial charge on any atom is -0.497 e. The number of hydrogen-bond donors (Lipinski definition) is 1. The van der Waals surface area contributed by atoms with Crippen LogP contribution in [0.4, 0.5) is 0 Å². The van der Waals surface area contributed by atoms with Crippen LogP contribution in [0.5, 0.6) is 0 Å². The smallest absolute Gasteiger partial charge is 0.117 e. The van der Waals surface area contributed by atoms with E-state index in [0.717, 1.165) is 24.8 Å². The summed E-state index contributed by atoms with van der Waals surface area (Å²) in [6.45, 7) is 4.38. The first-order valence-electron chi connectivity index (χ1n) is 4.96. The van der Waals surface area contributed by atoms with E-state index >= 15 is 0 Å². The molecule has 2 atom stereocenters. The van der Waals surface area contributed by atoms with Crippen LogP contribution in [-0.2, 0) is 4.74 Å². The molecule has 1 aliphatic carbocycles. The number of rotatable bonds is 1. The Morgan fingerprint density at radius 3 is 3.00 bits per heavy atom. The lowest BCUT2D eigenvalue weighted by atomic mass is 9.81. The minimum atomic E-state index is 0.646. The number of allylic oxidation sites excluding steroid dienone is 2. The van der Waals surface area contributed by atoms with Crippen molar-refractivity contribution in [2.45, 2.75) is 13.3 Å². The molecule has 1 N–H and O–H groups in total. The second kappa shape index (κ2) is 3.54. The van der Waals surface area contributed by atoms with Gasteiger partial charge >= 0.3 is 0 Å². The maximum Gasteiger partial charge on any atom is 0.117 e. The summed E-state index contributed by atoms with van der Waals surface area (Å²) in [6.07, 6.45) is 5.89. The van der Waals surface area contributed by atoms with Crippen LogP contribution >= 0.6 is 0 Å². The van der Waals surface area contributed by atoms with Gasteiger partial charge in [-0.3, -0.25) is 0 Å². The van der Waals surface area contributed by atoms with E-state index in [-0.39, 0.29) is 0 Å². The molecule has 0 bridgehead atoms. The summed E-state index contributed by atoms with van der Waals surface area (Å²) in [7, 11) is 1.75. The first kappa shape index (κ1) is 8.82. The van der Waals surface area contributed by atoms with Gasteiger partial charge in [0.25, 0.3) is 0 Å². The van der Waals surface area contributed by atoms with Gasteiger partial charge in [0.15, 0.2) is 0 Å². The maximum atomic E-state index is 5.32. The molecule has 1 fully saturated rings. The number of methoxy groups -OCH3 is 1. The van der Waals surface area contributed by atoms with Gasteiger partial charge in [0, 0.05) is 6.54 Å². The molecule has 2 heteroatoms. The molecule has 0 spiro atoms. The van der Waals surface area contributed by atoms with E-state index in [1.807, 2.05) is 0 Å². The Morgan fingerprint density at radius 1 is 1.38 bits per heavy atom. The van der Waals surface area contributed by atoms with Crippen molar-refractivity contribution < 1.29 is 4.74 Å². The number of ether oxygens (including phenoxy) is 1. The summed E-state index contributed by atoms with van der Waals surface area (Å²) in [5, 5.41) is 3.41. The Morgan fingerprint density at radius 2 is 2.23 bits per heavy atom. The molecule has 1 aliphatic heterocycles. The van der Waals surface area contributed by atoms with Crippen LogP contribution in [0, 0.1) is 11.8 Å². The molecular formula is C11H17NO. The highest BCUT2D eigenvalue weighted by molar-refractivity contribution is 5.30. The van der Waals surface area contributed by atoms with E-state index < -0.39 is 0 Å². The second-order valence-corrected chi connectivity index (χ2v) is 3.91. The topological polar surface area (TPSA) is 21.3 Å². The maximum absolute atomic E-state index is 5.32. The fourth-order valence-corrected chi connectivity index (χ4v) is 2.25. The Balaban J connectivity index is 2.18. The SMILES string of the molecule is COC1=CC2CNCCC2C=C1C. The Kier molecular flexibility index (Phi) is 2.40. The normalized spacial score (nSPS) is 33.1. The van der Waals surface area contributed by atoms with Crippen molar-refractivity contribution in [1.29, 1.82) is 0 Å². The lowest BCUT2D eigenvalue weighted by Crippen LogP contribution is -2.36. The highest BCUT2D eigenvalue weighted by Gasteiger charge is 2.26. The van der Waals surface area contributed by atoms with E-state index in [2.05, 4.69) is 24.4 Å². The van der Waals surface area contributed by atoms with Gasteiger partial charge in [-0.15, -0.1) is 0 Å². The van der Waals surface area contributed by atoms with Crippen molar-refractivity contribution >= 4 is 0 Å². The highest BCUT2D eigenvalue weighted by Crippen LogP contribution is 2.31. The zero-order valence-electron chi connectivity index (χ0n) is 8.34. The van der Waals surface area contributed by atoms with Gasteiger partial charge in [0.1, 0.15) is 5.76 Å². The van der Waals surface area contributed by atoms with Crippen LogP contribution < -0.4 is 5.32 Å². The Labute approximate surface area is 79.7 Å². The number of fused-ring (bicyclic) bond motifs is 1. The van der Waals surface area contributed by atoms with E-state index in [1.54, 1.807) is 7.11 Å². The molecule has 0 amide bonds. The van der Waals surface area contributed by atoms with Gasteiger partial charge in [0.2, 0.25) is 0 Å². The average Bonchev–Trinajstić information content (AvgIpc) is 2.17. The van der Waals surface area contributed by atoms with E-state index in [1.165, 1.54) is 12.0 Å². The standard InChI is InChI=1S/C11H17NO/c1-8-5-9-3-4-12-7-10(9)6-11(8)13-2/h5-6,9-10,12H,3-4,7H2,1-2H3. The zero-order valence-corrected chi connectivity index (χ0v) is 8.34. The molecule has 0 radical (unpaired) electrons. The third kappa shape index (κ3) is 1.63. The van der Waals surface area contributed by atoms with E-state index in [4.69, 9.17) is 4.74 Å². The van der Waals surface area contributed by atoms with Gasteiger partial charge in [-0.05, 0) is 43.4 Å². The third-order valence-corrected chi connectivity index (χ3v) is 3.02. The van der Waals surface area contributed by atoms with Crippen LogP contribution in [0.2, 0.25) is 0 Å². The predicted octanol–water partition coefficient (Wildman–Crippen LogP) is 1.70. The molecule has 2 rings (SSSR count). The molecule has 13 heavy (non-hydrogen) atoms. The van der Waals surface area contributed by atoms with Crippen molar-refractivity contribution in [3.8, 4) is 0 Å². The summed E-state index contributed by atoms with van der Waals surface area (Å²) in [4.78, 5) is 0. The summed E-state index contributed by atoms with van der Waals surface area (Å²) in [6, 6.07) is 0. The lowest BCUT2D eigenvalue weighted by molar-refractivity contribution is 0.273. The summed E-state index contributed by atoms with van der Waals surface area (Å²) in [5.74, 6) is 2.44. The molecule has 2 aliphatic rings. The van der Waals surface area contributed by atoms with Gasteiger partial charge in [0.05, 0.1) is 7.11 Å². The molecular weight excluding hydrogens is 162 g/mol. The van der Waals surface area contributed by atoms with Gasteiger partial charge in [-0.2, -0.15) is 0 Å². The number of nitrogens with one attached hydrogen (secondary N) is 1. The van der Waals surface area contributed by atoms with Gasteiger partial charge in [-0.25, -0.2) is 0 Å². The van der Waals surface area contributed by atoms with Crippen LogP contribution in [0.25, 0.3) is 0 Å². The van der Waals surface area contributed by atoms with Gasteiger partial charge < -0.3 is 10.1 Å². The van der Waals surface area contributed by atoms with Gasteiger partial charge in [-0.1, -0.05) is 6.08 Å². The van der Waals surface area contributed by atoms with Crippen molar-refractivity contribution in [3.05, 3.63) is 23.5 Å². The molecule has 2 nitrogen and oxygen atoms in total. The molecule has 72 valence electrons. The molecule has 1 heterocycles. The second-order valence-electron chi connectivity index (χ2n) is 3.91. The predicted molar refractivity (Wildman–Crippen MR) is 53.3 cm³/mol. The molecule has 0 aromatic heterocycles. The van der Waals surface area contributed by atoms with Crippen molar-refractivity contribution in [1.82, 2.24) is 5.32 Å². The molecule has 0 aromatic rings. The molecule has 0 saturated carbocycles. The first-order chi connectivity index (χ1) is 6.31. The monoisotopic (exact) mass is 179 g/mol. The minimum absolute atomic E-state index is 0.646. The molecule has 1 saturated heterocycles. The first-order valence-corrected chi connectivity index (χ1v) is 4.96.